The van der Waals surface area contributed by atoms with Crippen molar-refractivity contribution in [2.75, 3.05) is 33.2 Å². The Bertz CT molecular complexity index is 897. The molecule has 0 amide bonds. The Morgan fingerprint density at radius 1 is 1.07 bits per heavy atom. The number of rotatable bonds is 2. The van der Waals surface area contributed by atoms with E-state index in [2.05, 4.69) is 41.1 Å². The maximum absolute atomic E-state index is 13.6. The van der Waals surface area contributed by atoms with E-state index in [0.717, 1.165) is 37.6 Å². The number of amidine groups is 1. The van der Waals surface area contributed by atoms with Gasteiger partial charge in [0.1, 0.15) is 11.9 Å². The number of hydrogen-bond acceptors (Lipinski definition) is 4. The SMILES string of the molecule is CN1CCC[C@@H]([C@@H]2CN=C(N3CCc4ccccc4[C@@H]3c3ccc(F)cc3)O2)C1. The topological polar surface area (TPSA) is 28.1 Å². The van der Waals surface area contributed by atoms with Gasteiger partial charge in [0, 0.05) is 19.0 Å². The summed E-state index contributed by atoms with van der Waals surface area (Å²) < 4.78 is 20.0. The van der Waals surface area contributed by atoms with E-state index >= 15 is 0 Å². The van der Waals surface area contributed by atoms with Gasteiger partial charge >= 0.3 is 0 Å². The van der Waals surface area contributed by atoms with Crippen LogP contribution in [-0.2, 0) is 11.2 Å². The molecule has 0 radical (unpaired) electrons. The summed E-state index contributed by atoms with van der Waals surface area (Å²) in [5.74, 6) is 0.330. The summed E-state index contributed by atoms with van der Waals surface area (Å²) in [7, 11) is 2.19. The second-order valence-corrected chi connectivity index (χ2v) is 8.54. The third-order valence-electron chi connectivity index (χ3n) is 6.56. The lowest BCUT2D eigenvalue weighted by molar-refractivity contribution is 0.0732. The van der Waals surface area contributed by atoms with Crippen LogP contribution >= 0.6 is 0 Å². The minimum atomic E-state index is -0.208. The average molecular weight is 394 g/mol. The minimum Gasteiger partial charge on any atom is -0.460 e. The lowest BCUT2D eigenvalue weighted by Crippen LogP contribution is -2.43. The highest BCUT2D eigenvalue weighted by Crippen LogP contribution is 2.37. The van der Waals surface area contributed by atoms with Gasteiger partial charge in [0.25, 0.3) is 6.02 Å². The molecule has 0 aliphatic carbocycles. The predicted molar refractivity (Wildman–Crippen MR) is 112 cm³/mol. The number of piperidine rings is 1. The second kappa shape index (κ2) is 7.79. The molecule has 5 heteroatoms. The third-order valence-corrected chi connectivity index (χ3v) is 6.56. The molecule has 0 unspecified atom stereocenters. The summed E-state index contributed by atoms with van der Waals surface area (Å²) in [4.78, 5) is 9.51. The zero-order valence-corrected chi connectivity index (χ0v) is 16.9. The van der Waals surface area contributed by atoms with Crippen LogP contribution < -0.4 is 0 Å². The fourth-order valence-corrected chi connectivity index (χ4v) is 5.07. The molecule has 0 spiro atoms. The van der Waals surface area contributed by atoms with Crippen molar-refractivity contribution < 1.29 is 9.13 Å². The van der Waals surface area contributed by atoms with Crippen LogP contribution in [0.15, 0.2) is 53.5 Å². The van der Waals surface area contributed by atoms with Gasteiger partial charge in [-0.1, -0.05) is 36.4 Å². The van der Waals surface area contributed by atoms with Gasteiger partial charge in [0.2, 0.25) is 0 Å². The molecule has 4 nitrogen and oxygen atoms in total. The van der Waals surface area contributed by atoms with Gasteiger partial charge in [0.05, 0.1) is 12.6 Å². The molecule has 2 aromatic carbocycles. The van der Waals surface area contributed by atoms with Crippen molar-refractivity contribution in [1.29, 1.82) is 0 Å². The molecule has 5 rings (SSSR count). The number of aliphatic imine (C=N–C) groups is 1. The van der Waals surface area contributed by atoms with Crippen LogP contribution in [0.2, 0.25) is 0 Å². The van der Waals surface area contributed by atoms with Gasteiger partial charge in [0.15, 0.2) is 0 Å². The Hall–Kier alpha value is -2.40. The third kappa shape index (κ3) is 3.64. The molecule has 0 aromatic heterocycles. The smallest absolute Gasteiger partial charge is 0.288 e. The van der Waals surface area contributed by atoms with E-state index in [9.17, 15) is 4.39 Å². The molecule has 0 saturated carbocycles. The largest absolute Gasteiger partial charge is 0.460 e. The number of benzene rings is 2. The first kappa shape index (κ1) is 18.6. The number of likely N-dealkylation sites (tertiary alicyclic amines) is 1. The minimum absolute atomic E-state index is 0.00656. The van der Waals surface area contributed by atoms with E-state index in [-0.39, 0.29) is 18.0 Å². The first-order valence-electron chi connectivity index (χ1n) is 10.7. The highest BCUT2D eigenvalue weighted by Gasteiger charge is 2.37. The second-order valence-electron chi connectivity index (χ2n) is 8.54. The zero-order valence-electron chi connectivity index (χ0n) is 16.9. The lowest BCUT2D eigenvalue weighted by atomic mass is 9.88. The molecule has 0 N–H and O–H groups in total. The predicted octanol–water partition coefficient (Wildman–Crippen LogP) is 3.87. The van der Waals surface area contributed by atoms with Crippen molar-refractivity contribution in [3.63, 3.8) is 0 Å². The van der Waals surface area contributed by atoms with Crippen LogP contribution in [0.5, 0.6) is 0 Å². The van der Waals surface area contributed by atoms with Crippen LogP contribution in [0.4, 0.5) is 4.39 Å². The fourth-order valence-electron chi connectivity index (χ4n) is 5.07. The quantitative estimate of drug-likeness (QED) is 0.775. The Labute approximate surface area is 172 Å². The summed E-state index contributed by atoms with van der Waals surface area (Å²) in [6.07, 6.45) is 3.57. The van der Waals surface area contributed by atoms with Gasteiger partial charge < -0.3 is 14.5 Å². The molecule has 29 heavy (non-hydrogen) atoms. The van der Waals surface area contributed by atoms with Gasteiger partial charge in [-0.3, -0.25) is 0 Å². The molecule has 3 heterocycles. The van der Waals surface area contributed by atoms with Gasteiger partial charge in [-0.25, -0.2) is 9.38 Å². The maximum atomic E-state index is 13.6. The Kier molecular flexibility index (Phi) is 5.00. The lowest BCUT2D eigenvalue weighted by Gasteiger charge is -2.39. The van der Waals surface area contributed by atoms with Crippen LogP contribution in [-0.4, -0.2) is 55.2 Å². The Morgan fingerprint density at radius 2 is 1.90 bits per heavy atom. The van der Waals surface area contributed by atoms with Crippen molar-refractivity contribution in [1.82, 2.24) is 9.80 Å². The van der Waals surface area contributed by atoms with Crippen molar-refractivity contribution >= 4 is 6.02 Å². The number of ether oxygens (including phenoxy) is 1. The molecule has 3 atom stereocenters. The first-order valence-corrected chi connectivity index (χ1v) is 10.7. The molecule has 3 aliphatic rings. The molecule has 3 aliphatic heterocycles. The van der Waals surface area contributed by atoms with Crippen molar-refractivity contribution in [2.45, 2.75) is 31.4 Å². The molecule has 1 fully saturated rings. The highest BCUT2D eigenvalue weighted by molar-refractivity contribution is 5.77. The Balaban J connectivity index is 1.42. The van der Waals surface area contributed by atoms with Crippen molar-refractivity contribution in [3.8, 4) is 0 Å². The van der Waals surface area contributed by atoms with Gasteiger partial charge in [-0.05, 0) is 61.7 Å². The van der Waals surface area contributed by atoms with Crippen molar-refractivity contribution in [2.24, 2.45) is 10.9 Å². The number of hydrogen-bond donors (Lipinski definition) is 0. The van der Waals surface area contributed by atoms with Crippen LogP contribution in [0.25, 0.3) is 0 Å². The molecule has 0 bridgehead atoms. The summed E-state index contributed by atoms with van der Waals surface area (Å²) in [6.45, 7) is 3.85. The number of halogens is 1. The van der Waals surface area contributed by atoms with E-state index in [0.29, 0.717) is 5.92 Å². The fraction of sp³-hybridized carbons (Fsp3) is 0.458. The maximum Gasteiger partial charge on any atom is 0.288 e. The first-order chi connectivity index (χ1) is 14.2. The summed E-state index contributed by atoms with van der Waals surface area (Å²) in [5, 5.41) is 0. The molecule has 152 valence electrons. The van der Waals surface area contributed by atoms with Crippen LogP contribution in [0.1, 0.15) is 35.6 Å². The highest BCUT2D eigenvalue weighted by atomic mass is 19.1. The zero-order chi connectivity index (χ0) is 19.8. The van der Waals surface area contributed by atoms with E-state index in [4.69, 9.17) is 9.73 Å². The number of fused-ring (bicyclic) bond motifs is 1. The van der Waals surface area contributed by atoms with Crippen molar-refractivity contribution in [3.05, 3.63) is 71.0 Å². The van der Waals surface area contributed by atoms with Crippen LogP contribution in [0.3, 0.4) is 0 Å². The average Bonchev–Trinajstić information content (AvgIpc) is 3.24. The van der Waals surface area contributed by atoms with Crippen LogP contribution in [0, 0.1) is 11.7 Å². The summed E-state index contributed by atoms with van der Waals surface area (Å²) in [5.41, 5.74) is 3.69. The molecular weight excluding hydrogens is 365 g/mol. The standard InChI is InChI=1S/C24H28FN3O/c1-27-13-4-6-19(16-27)22-15-26-24(29-22)28-14-12-17-5-2-3-7-21(17)23(28)18-8-10-20(25)11-9-18/h2-3,5,7-11,19,22-23H,4,6,12-16H2,1H3/t19-,22+,23+/m1/s1. The van der Waals surface area contributed by atoms with Gasteiger partial charge in [-0.15, -0.1) is 0 Å². The summed E-state index contributed by atoms with van der Waals surface area (Å²) >= 11 is 0. The molecule has 2 aromatic rings. The summed E-state index contributed by atoms with van der Waals surface area (Å²) in [6, 6.07) is 16.2. The number of nitrogens with zero attached hydrogens (tertiary/aromatic N) is 3. The van der Waals surface area contributed by atoms with E-state index in [1.54, 1.807) is 12.1 Å². The van der Waals surface area contributed by atoms with E-state index < -0.39 is 0 Å². The molecule has 1 saturated heterocycles. The molecular formula is C24H28FN3O. The van der Waals surface area contributed by atoms with E-state index in [1.165, 1.54) is 30.5 Å². The Morgan fingerprint density at radius 3 is 2.72 bits per heavy atom. The van der Waals surface area contributed by atoms with Gasteiger partial charge in [-0.2, -0.15) is 0 Å². The van der Waals surface area contributed by atoms with E-state index in [1.807, 2.05) is 12.1 Å². The monoisotopic (exact) mass is 393 g/mol. The normalized spacial score (nSPS) is 27.3.